The monoisotopic (exact) mass is 341 g/mol. The average molecular weight is 341 g/mol. The molecule has 1 aromatic carbocycles. The molecular weight excluding hydrogens is 326 g/mol. The molecule has 1 heterocycles. The molecule has 0 fully saturated rings. The van der Waals surface area contributed by atoms with Crippen molar-refractivity contribution in [3.63, 3.8) is 0 Å². The van der Waals surface area contributed by atoms with E-state index in [0.29, 0.717) is 5.75 Å². The summed E-state index contributed by atoms with van der Waals surface area (Å²) in [6.07, 6.45) is 0.880. The van der Waals surface area contributed by atoms with Gasteiger partial charge in [-0.05, 0) is 17.7 Å². The number of methoxy groups -OCH3 is 1. The van der Waals surface area contributed by atoms with Crippen molar-refractivity contribution in [2.75, 3.05) is 13.4 Å². The second-order valence-electron chi connectivity index (χ2n) is 4.66. The van der Waals surface area contributed by atoms with Crippen LogP contribution in [0.3, 0.4) is 0 Å². The topological polar surface area (TPSA) is 121 Å². The molecule has 2 rings (SSSR count). The van der Waals surface area contributed by atoms with Crippen LogP contribution in [-0.4, -0.2) is 47.9 Å². The summed E-state index contributed by atoms with van der Waals surface area (Å²) in [6, 6.07) is 7.05. The van der Waals surface area contributed by atoms with Gasteiger partial charge >= 0.3 is 5.97 Å². The molecule has 0 unspecified atom stereocenters. The van der Waals surface area contributed by atoms with Crippen LogP contribution in [-0.2, 0) is 27.5 Å². The lowest BCUT2D eigenvalue weighted by atomic mass is 10.2. The molecule has 0 aliphatic rings. The minimum Gasteiger partial charge on any atom is -0.497 e. The summed E-state index contributed by atoms with van der Waals surface area (Å²) in [7, 11) is -2.17. The normalized spacial score (nSPS) is 11.4. The van der Waals surface area contributed by atoms with Crippen LogP contribution in [0.4, 0.5) is 0 Å². The Hall–Kier alpha value is -2.46. The van der Waals surface area contributed by atoms with E-state index in [-0.39, 0.29) is 17.9 Å². The molecule has 0 amide bonds. The van der Waals surface area contributed by atoms with Crippen molar-refractivity contribution in [3.05, 3.63) is 41.2 Å². The molecule has 23 heavy (non-hydrogen) atoms. The molecule has 0 bridgehead atoms. The minimum absolute atomic E-state index is 0.0683. The highest BCUT2D eigenvalue weighted by atomic mass is 32.2. The number of carboxylic acid groups (broad SMARTS) is 1. The van der Waals surface area contributed by atoms with E-state index >= 15 is 0 Å². The lowest BCUT2D eigenvalue weighted by Gasteiger charge is -2.08. The fourth-order valence-corrected chi connectivity index (χ4v) is 2.16. The number of hydrogen-bond acceptors (Lipinski definition) is 7. The van der Waals surface area contributed by atoms with Crippen LogP contribution in [0.2, 0.25) is 0 Å². The number of aromatic carboxylic acids is 1. The number of carbonyl (C=O) groups is 1. The van der Waals surface area contributed by atoms with E-state index in [2.05, 4.69) is 14.5 Å². The highest BCUT2D eigenvalue weighted by Crippen LogP contribution is 2.15. The first-order valence-corrected chi connectivity index (χ1v) is 8.25. The van der Waals surface area contributed by atoms with E-state index in [1.807, 2.05) is 0 Å². The third-order valence-corrected chi connectivity index (χ3v) is 3.49. The molecule has 0 atom stereocenters. The lowest BCUT2D eigenvalue weighted by Crippen LogP contribution is -2.13. The van der Waals surface area contributed by atoms with E-state index in [4.69, 9.17) is 9.84 Å². The van der Waals surface area contributed by atoms with Gasteiger partial charge in [-0.1, -0.05) is 17.3 Å². The largest absolute Gasteiger partial charge is 0.497 e. The SMILES string of the molecule is COc1ccc(Cn2nnc(C(=O)O)c2COS(C)(=O)=O)cc1. The molecule has 10 heteroatoms. The van der Waals surface area contributed by atoms with Gasteiger partial charge in [-0.15, -0.1) is 5.10 Å². The number of rotatable bonds is 7. The number of ether oxygens (including phenoxy) is 1. The van der Waals surface area contributed by atoms with Crippen LogP contribution in [0.1, 0.15) is 21.7 Å². The molecule has 1 N–H and O–H groups in total. The molecule has 124 valence electrons. The van der Waals surface area contributed by atoms with Crippen LogP contribution in [0.15, 0.2) is 24.3 Å². The third kappa shape index (κ3) is 4.50. The first-order valence-electron chi connectivity index (χ1n) is 6.43. The molecule has 0 aliphatic heterocycles. The van der Waals surface area contributed by atoms with E-state index < -0.39 is 22.7 Å². The van der Waals surface area contributed by atoms with E-state index in [1.54, 1.807) is 31.4 Å². The summed E-state index contributed by atoms with van der Waals surface area (Å²) in [6.45, 7) is -0.240. The van der Waals surface area contributed by atoms with Crippen LogP contribution >= 0.6 is 0 Å². The number of carboxylic acids is 1. The average Bonchev–Trinajstić information content (AvgIpc) is 2.88. The van der Waals surface area contributed by atoms with Gasteiger partial charge in [0.25, 0.3) is 10.1 Å². The Morgan fingerprint density at radius 2 is 1.96 bits per heavy atom. The summed E-state index contributed by atoms with van der Waals surface area (Å²) in [4.78, 5) is 11.2. The Morgan fingerprint density at radius 1 is 1.30 bits per heavy atom. The van der Waals surface area contributed by atoms with Gasteiger partial charge in [-0.3, -0.25) is 4.18 Å². The highest BCUT2D eigenvalue weighted by Gasteiger charge is 2.20. The molecule has 0 spiro atoms. The van der Waals surface area contributed by atoms with Gasteiger partial charge in [-0.2, -0.15) is 8.42 Å². The Kier molecular flexibility index (Phi) is 4.96. The van der Waals surface area contributed by atoms with Gasteiger partial charge in [0.2, 0.25) is 0 Å². The molecule has 0 radical (unpaired) electrons. The zero-order valence-electron chi connectivity index (χ0n) is 12.5. The van der Waals surface area contributed by atoms with Crippen molar-refractivity contribution in [2.24, 2.45) is 0 Å². The summed E-state index contributed by atoms with van der Waals surface area (Å²) in [5.74, 6) is -0.628. The van der Waals surface area contributed by atoms with Gasteiger partial charge in [0.15, 0.2) is 5.69 Å². The molecule has 0 saturated heterocycles. The fourth-order valence-electron chi connectivity index (χ4n) is 1.84. The first kappa shape index (κ1) is 16.9. The third-order valence-electron chi connectivity index (χ3n) is 2.94. The molecule has 0 saturated carbocycles. The molecular formula is C13H15N3O6S. The zero-order valence-corrected chi connectivity index (χ0v) is 13.3. The smallest absolute Gasteiger partial charge is 0.358 e. The van der Waals surface area contributed by atoms with Gasteiger partial charge in [-0.25, -0.2) is 9.48 Å². The highest BCUT2D eigenvalue weighted by molar-refractivity contribution is 7.85. The first-order chi connectivity index (χ1) is 10.8. The quantitative estimate of drug-likeness (QED) is 0.723. The Bertz CT molecular complexity index is 798. The van der Waals surface area contributed by atoms with Crippen LogP contribution in [0.5, 0.6) is 5.75 Å². The number of hydrogen-bond donors (Lipinski definition) is 1. The predicted octanol–water partition coefficient (Wildman–Crippen LogP) is 0.509. The Labute approximate surface area is 132 Å². The van der Waals surface area contributed by atoms with Gasteiger partial charge in [0.05, 0.1) is 19.9 Å². The second-order valence-corrected chi connectivity index (χ2v) is 6.31. The number of aromatic nitrogens is 3. The van der Waals surface area contributed by atoms with E-state index in [9.17, 15) is 13.2 Å². The Morgan fingerprint density at radius 3 is 2.48 bits per heavy atom. The van der Waals surface area contributed by atoms with Crippen molar-refractivity contribution in [3.8, 4) is 5.75 Å². The van der Waals surface area contributed by atoms with E-state index in [1.165, 1.54) is 4.68 Å². The lowest BCUT2D eigenvalue weighted by molar-refractivity contribution is 0.0687. The minimum atomic E-state index is -3.72. The van der Waals surface area contributed by atoms with Gasteiger partial charge in [0, 0.05) is 0 Å². The fraction of sp³-hybridized carbons (Fsp3) is 0.308. The standard InChI is InChI=1S/C13H15N3O6S/c1-21-10-5-3-9(4-6-10)7-16-11(8-22-23(2,19)20)12(13(17)18)14-15-16/h3-6H,7-8H2,1-2H3,(H,17,18). The maximum Gasteiger partial charge on any atom is 0.358 e. The molecule has 2 aromatic rings. The van der Waals surface area contributed by atoms with Crippen LogP contribution in [0, 0.1) is 0 Å². The van der Waals surface area contributed by atoms with Gasteiger partial charge in [0.1, 0.15) is 18.1 Å². The Balaban J connectivity index is 2.27. The van der Waals surface area contributed by atoms with Crippen molar-refractivity contribution >= 4 is 16.1 Å². The van der Waals surface area contributed by atoms with Crippen molar-refractivity contribution in [1.82, 2.24) is 15.0 Å². The van der Waals surface area contributed by atoms with Crippen molar-refractivity contribution in [1.29, 1.82) is 0 Å². The zero-order chi connectivity index (χ0) is 17.0. The molecule has 0 aliphatic carbocycles. The van der Waals surface area contributed by atoms with Crippen molar-refractivity contribution in [2.45, 2.75) is 13.2 Å². The van der Waals surface area contributed by atoms with Gasteiger partial charge < -0.3 is 9.84 Å². The maximum atomic E-state index is 11.2. The summed E-state index contributed by atoms with van der Waals surface area (Å²) < 4.78 is 33.2. The number of benzene rings is 1. The maximum absolute atomic E-state index is 11.2. The molecule has 9 nitrogen and oxygen atoms in total. The summed E-state index contributed by atoms with van der Waals surface area (Å²) >= 11 is 0. The second kappa shape index (κ2) is 6.75. The van der Waals surface area contributed by atoms with Crippen LogP contribution < -0.4 is 4.74 Å². The predicted molar refractivity (Wildman–Crippen MR) is 78.7 cm³/mol. The summed E-state index contributed by atoms with van der Waals surface area (Å²) in [5, 5.41) is 16.4. The summed E-state index contributed by atoms with van der Waals surface area (Å²) in [5.41, 5.74) is 0.536. The van der Waals surface area contributed by atoms with Crippen LogP contribution in [0.25, 0.3) is 0 Å². The molecule has 1 aromatic heterocycles. The van der Waals surface area contributed by atoms with E-state index in [0.717, 1.165) is 11.8 Å². The van der Waals surface area contributed by atoms with Crippen molar-refractivity contribution < 1.29 is 27.2 Å². The number of nitrogens with zero attached hydrogens (tertiary/aromatic N) is 3.